The van der Waals surface area contributed by atoms with Crippen molar-refractivity contribution in [1.82, 2.24) is 4.98 Å². The lowest BCUT2D eigenvalue weighted by atomic mass is 10.3. The highest BCUT2D eigenvalue weighted by Crippen LogP contribution is 2.41. The molecule has 1 rings (SSSR count). The molecule has 13 heteroatoms. The minimum Gasteiger partial charge on any atom is -0.500 e. The van der Waals surface area contributed by atoms with Crippen molar-refractivity contribution in [3.63, 3.8) is 0 Å². The highest BCUT2D eigenvalue weighted by Gasteiger charge is 2.38. The van der Waals surface area contributed by atoms with Gasteiger partial charge in [0.05, 0.1) is 11.1 Å². The van der Waals surface area contributed by atoms with Crippen LogP contribution in [0.5, 0.6) is 11.5 Å². The van der Waals surface area contributed by atoms with Crippen LogP contribution in [0.2, 0.25) is 0 Å². The summed E-state index contributed by atoms with van der Waals surface area (Å²) in [4.78, 5) is 11.9. The third-order valence-corrected chi connectivity index (χ3v) is 2.80. The minimum atomic E-state index is -5.29. The molecular weight excluding hydrogens is 321 g/mol. The van der Waals surface area contributed by atoms with E-state index in [1.807, 2.05) is 0 Å². The lowest BCUT2D eigenvalue weighted by molar-refractivity contribution is -0.390. The Morgan fingerprint density at radius 1 is 1.47 bits per heavy atom. The van der Waals surface area contributed by atoms with E-state index in [-0.39, 0.29) is 6.20 Å². The predicted molar refractivity (Wildman–Crippen MR) is 52.3 cm³/mol. The third kappa shape index (κ3) is 3.57. The van der Waals surface area contributed by atoms with Crippen molar-refractivity contribution in [2.45, 2.75) is 11.4 Å². The average molecular weight is 323 g/mol. The summed E-state index contributed by atoms with van der Waals surface area (Å²) >= 11 is 0. The number of hydrogen-bond acceptors (Lipinski definition) is 7. The van der Waals surface area contributed by atoms with Crippen LogP contribution in [0.3, 0.4) is 0 Å². The maximum Gasteiger partial charge on any atom is 0.573 e. The van der Waals surface area contributed by atoms with Crippen LogP contribution in [-0.4, -0.2) is 29.8 Å². The number of pyridine rings is 1. The SMILES string of the molecule is O=[N+]([O-])c1c(OC(F)(F)F)cnc(S(=O)(=O)Cl)c1O. The standard InChI is InChI=1S/C6H2ClF3N2O6S/c7-19(16,17)5-4(13)3(12(14)15)2(1-11-5)18-6(8,9)10/h1,13H. The molecule has 0 bridgehead atoms. The van der Waals surface area contributed by atoms with Gasteiger partial charge in [-0.3, -0.25) is 10.1 Å². The van der Waals surface area contributed by atoms with Crippen molar-refractivity contribution in [2.24, 2.45) is 0 Å². The Kier molecular flexibility index (Phi) is 3.77. The fraction of sp³-hybridized carbons (Fsp3) is 0.167. The maximum absolute atomic E-state index is 12.0. The molecule has 19 heavy (non-hydrogen) atoms. The van der Waals surface area contributed by atoms with Crippen LogP contribution in [0.1, 0.15) is 0 Å². The molecule has 1 heterocycles. The van der Waals surface area contributed by atoms with Crippen LogP contribution in [0.15, 0.2) is 11.2 Å². The molecule has 0 spiro atoms. The van der Waals surface area contributed by atoms with E-state index >= 15 is 0 Å². The topological polar surface area (TPSA) is 120 Å². The van der Waals surface area contributed by atoms with Gasteiger partial charge in [-0.25, -0.2) is 13.4 Å². The second kappa shape index (κ2) is 4.70. The number of alkyl halides is 3. The molecule has 106 valence electrons. The molecule has 0 unspecified atom stereocenters. The van der Waals surface area contributed by atoms with Crippen LogP contribution in [0.4, 0.5) is 18.9 Å². The normalized spacial score (nSPS) is 12.2. The second-order valence-electron chi connectivity index (χ2n) is 2.87. The molecule has 1 aromatic heterocycles. The van der Waals surface area contributed by atoms with E-state index in [1.165, 1.54) is 0 Å². The van der Waals surface area contributed by atoms with E-state index in [1.54, 1.807) is 0 Å². The van der Waals surface area contributed by atoms with Crippen molar-refractivity contribution in [3.05, 3.63) is 16.3 Å². The molecule has 0 fully saturated rings. The summed E-state index contributed by atoms with van der Waals surface area (Å²) in [5.41, 5.74) is -1.62. The molecule has 8 nitrogen and oxygen atoms in total. The monoisotopic (exact) mass is 322 g/mol. The zero-order chi connectivity index (χ0) is 15.0. The summed E-state index contributed by atoms with van der Waals surface area (Å²) < 4.78 is 60.9. The first kappa shape index (κ1) is 15.2. The summed E-state index contributed by atoms with van der Waals surface area (Å²) in [5, 5.41) is 18.4. The Morgan fingerprint density at radius 3 is 2.37 bits per heavy atom. The summed E-state index contributed by atoms with van der Waals surface area (Å²) in [6, 6.07) is 0. The fourth-order valence-corrected chi connectivity index (χ4v) is 1.86. The number of rotatable bonds is 3. The zero-order valence-corrected chi connectivity index (χ0v) is 9.95. The summed E-state index contributed by atoms with van der Waals surface area (Å²) in [5.74, 6) is -3.12. The van der Waals surface area contributed by atoms with Crippen LogP contribution in [-0.2, 0) is 9.05 Å². The van der Waals surface area contributed by atoms with E-state index in [0.717, 1.165) is 0 Å². The molecule has 0 saturated heterocycles. The molecular formula is C6H2ClF3N2O6S. The number of aromatic nitrogens is 1. The number of aromatic hydroxyl groups is 1. The van der Waals surface area contributed by atoms with Gasteiger partial charge in [0.1, 0.15) is 0 Å². The lowest BCUT2D eigenvalue weighted by Gasteiger charge is -2.10. The Labute approximate surface area is 107 Å². The first-order valence-corrected chi connectivity index (χ1v) is 6.31. The van der Waals surface area contributed by atoms with Crippen LogP contribution in [0, 0.1) is 10.1 Å². The Balaban J connectivity index is 3.54. The molecule has 0 radical (unpaired) electrons. The Bertz CT molecular complexity index is 631. The maximum atomic E-state index is 12.0. The molecule has 0 saturated carbocycles. The van der Waals surface area contributed by atoms with Gasteiger partial charge in [-0.05, 0) is 0 Å². The molecule has 0 amide bonds. The quantitative estimate of drug-likeness (QED) is 0.509. The van der Waals surface area contributed by atoms with E-state index in [9.17, 15) is 36.8 Å². The van der Waals surface area contributed by atoms with Gasteiger partial charge in [-0.2, -0.15) is 0 Å². The van der Waals surface area contributed by atoms with Gasteiger partial charge in [0.15, 0.2) is 0 Å². The third-order valence-electron chi connectivity index (χ3n) is 1.60. The predicted octanol–water partition coefficient (Wildman–Crippen LogP) is 1.52. The van der Waals surface area contributed by atoms with E-state index in [4.69, 9.17) is 10.7 Å². The zero-order valence-electron chi connectivity index (χ0n) is 8.38. The number of ether oxygens (including phenoxy) is 1. The van der Waals surface area contributed by atoms with Gasteiger partial charge >= 0.3 is 12.0 Å². The number of nitro groups is 1. The summed E-state index contributed by atoms with van der Waals surface area (Å²) in [6.07, 6.45) is -5.18. The molecule has 0 aromatic carbocycles. The minimum absolute atomic E-state index is 0.112. The van der Waals surface area contributed by atoms with E-state index in [2.05, 4.69) is 9.72 Å². The molecule has 1 aromatic rings. The van der Waals surface area contributed by atoms with Crippen LogP contribution >= 0.6 is 10.7 Å². The van der Waals surface area contributed by atoms with Crippen molar-refractivity contribution in [1.29, 1.82) is 0 Å². The summed E-state index contributed by atoms with van der Waals surface area (Å²) in [7, 11) is 0.110. The highest BCUT2D eigenvalue weighted by atomic mass is 35.7. The van der Waals surface area contributed by atoms with Crippen LogP contribution in [0.25, 0.3) is 0 Å². The van der Waals surface area contributed by atoms with Crippen molar-refractivity contribution < 1.29 is 36.4 Å². The summed E-state index contributed by atoms with van der Waals surface area (Å²) in [6.45, 7) is 0. The van der Waals surface area contributed by atoms with E-state index < -0.39 is 42.5 Å². The largest absolute Gasteiger partial charge is 0.573 e. The lowest BCUT2D eigenvalue weighted by Crippen LogP contribution is -2.18. The molecule has 0 aliphatic heterocycles. The Hall–Kier alpha value is -1.82. The van der Waals surface area contributed by atoms with Crippen LogP contribution < -0.4 is 4.74 Å². The molecule has 1 N–H and O–H groups in total. The average Bonchev–Trinajstić information content (AvgIpc) is 2.11. The van der Waals surface area contributed by atoms with Gasteiger partial charge in [-0.1, -0.05) is 0 Å². The number of nitrogens with zero attached hydrogens (tertiary/aromatic N) is 2. The molecule has 0 aliphatic rings. The Morgan fingerprint density at radius 2 is 2.00 bits per heavy atom. The van der Waals surface area contributed by atoms with Gasteiger partial charge in [0, 0.05) is 10.7 Å². The van der Waals surface area contributed by atoms with Gasteiger partial charge in [0.2, 0.25) is 16.5 Å². The number of halogens is 4. The van der Waals surface area contributed by atoms with E-state index in [0.29, 0.717) is 0 Å². The van der Waals surface area contributed by atoms with Crippen molar-refractivity contribution >= 4 is 25.4 Å². The van der Waals surface area contributed by atoms with Gasteiger partial charge in [-0.15, -0.1) is 13.2 Å². The fourth-order valence-electron chi connectivity index (χ4n) is 1.01. The molecule has 0 aliphatic carbocycles. The van der Waals surface area contributed by atoms with Crippen molar-refractivity contribution in [3.8, 4) is 11.5 Å². The highest BCUT2D eigenvalue weighted by molar-refractivity contribution is 8.13. The first-order chi connectivity index (χ1) is 8.43. The van der Waals surface area contributed by atoms with Crippen molar-refractivity contribution in [2.75, 3.05) is 0 Å². The molecule has 0 atom stereocenters. The number of hydrogen-bond donors (Lipinski definition) is 1. The second-order valence-corrected chi connectivity index (χ2v) is 5.35. The smallest absolute Gasteiger partial charge is 0.500 e. The van der Waals surface area contributed by atoms with Gasteiger partial charge < -0.3 is 9.84 Å². The van der Waals surface area contributed by atoms with Gasteiger partial charge in [0.25, 0.3) is 9.05 Å². The first-order valence-electron chi connectivity index (χ1n) is 4.00.